The van der Waals surface area contributed by atoms with Crippen molar-refractivity contribution in [3.05, 3.63) is 64.7 Å². The second-order valence-electron chi connectivity index (χ2n) is 6.53. The van der Waals surface area contributed by atoms with Crippen LogP contribution in [0.3, 0.4) is 0 Å². The first-order chi connectivity index (χ1) is 14.0. The van der Waals surface area contributed by atoms with Crippen molar-refractivity contribution in [3.8, 4) is 0 Å². The molecule has 0 aliphatic carbocycles. The minimum atomic E-state index is -4.33. The summed E-state index contributed by atoms with van der Waals surface area (Å²) >= 11 is 24.3. The highest BCUT2D eigenvalue weighted by Gasteiger charge is 2.54. The molecule has 1 heterocycles. The van der Waals surface area contributed by atoms with Gasteiger partial charge in [-0.05, 0) is 36.8 Å². The standard InChI is InChI=1S/C19H16Cl4N2O4S/c1-11-6-8-14(9-7-11)30(27,28)25-16(17(26)29-2)15(24-18(25)19(21,22)23)12-4-3-5-13(20)10-12/h3-10,15-16H,1-2H3/t15-,16+/m1/s1. The van der Waals surface area contributed by atoms with Crippen LogP contribution < -0.4 is 0 Å². The zero-order chi connectivity index (χ0) is 22.3. The van der Waals surface area contributed by atoms with Gasteiger partial charge in [0.2, 0.25) is 3.79 Å². The van der Waals surface area contributed by atoms with Crippen LogP contribution in [0, 0.1) is 6.92 Å². The van der Waals surface area contributed by atoms with Crippen LogP contribution in [0.25, 0.3) is 0 Å². The van der Waals surface area contributed by atoms with Gasteiger partial charge in [0, 0.05) is 5.02 Å². The molecule has 0 unspecified atom stereocenters. The van der Waals surface area contributed by atoms with E-state index in [9.17, 15) is 13.2 Å². The average molecular weight is 510 g/mol. The molecule has 0 bridgehead atoms. The van der Waals surface area contributed by atoms with Crippen LogP contribution in [0.4, 0.5) is 0 Å². The summed E-state index contributed by atoms with van der Waals surface area (Å²) in [6, 6.07) is 10.1. The van der Waals surface area contributed by atoms with Gasteiger partial charge in [-0.1, -0.05) is 76.2 Å². The van der Waals surface area contributed by atoms with Gasteiger partial charge in [0.05, 0.1) is 12.0 Å². The Hall–Kier alpha value is -1.51. The molecule has 0 spiro atoms. The molecule has 0 radical (unpaired) electrons. The normalized spacial score (nSPS) is 19.5. The number of methoxy groups -OCH3 is 1. The lowest BCUT2D eigenvalue weighted by Gasteiger charge is -2.29. The van der Waals surface area contributed by atoms with Crippen LogP contribution >= 0.6 is 46.4 Å². The number of nitrogens with zero attached hydrogens (tertiary/aromatic N) is 2. The van der Waals surface area contributed by atoms with Gasteiger partial charge in [0.15, 0.2) is 11.9 Å². The van der Waals surface area contributed by atoms with Crippen LogP contribution in [0.15, 0.2) is 58.4 Å². The molecule has 0 amide bonds. The van der Waals surface area contributed by atoms with E-state index in [1.54, 1.807) is 36.4 Å². The number of aliphatic imine (C=N–C) groups is 1. The predicted octanol–water partition coefficient (Wildman–Crippen LogP) is 4.70. The van der Waals surface area contributed by atoms with Gasteiger partial charge < -0.3 is 4.74 Å². The van der Waals surface area contributed by atoms with Gasteiger partial charge in [-0.2, -0.15) is 0 Å². The minimum Gasteiger partial charge on any atom is -0.467 e. The number of esters is 1. The predicted molar refractivity (Wildman–Crippen MR) is 118 cm³/mol. The van der Waals surface area contributed by atoms with E-state index in [-0.39, 0.29) is 4.90 Å². The number of halogens is 4. The fraction of sp³-hybridized carbons (Fsp3) is 0.263. The molecule has 2 atom stereocenters. The lowest BCUT2D eigenvalue weighted by atomic mass is 10.0. The van der Waals surface area contributed by atoms with E-state index in [4.69, 9.17) is 51.1 Å². The Morgan fingerprint density at radius 1 is 1.13 bits per heavy atom. The maximum Gasteiger partial charge on any atom is 0.332 e. The Morgan fingerprint density at radius 2 is 1.77 bits per heavy atom. The van der Waals surface area contributed by atoms with E-state index >= 15 is 0 Å². The molecule has 0 saturated carbocycles. The Morgan fingerprint density at radius 3 is 2.30 bits per heavy atom. The smallest absolute Gasteiger partial charge is 0.332 e. The Balaban J connectivity index is 2.23. The van der Waals surface area contributed by atoms with Crippen LogP contribution in [0.1, 0.15) is 17.2 Å². The molecule has 1 aliphatic rings. The first-order valence-corrected chi connectivity index (χ1v) is 11.5. The molecule has 0 N–H and O–H groups in total. The van der Waals surface area contributed by atoms with E-state index in [1.807, 2.05) is 6.92 Å². The summed E-state index contributed by atoms with van der Waals surface area (Å²) in [6.07, 6.45) is 0. The molecule has 2 aromatic carbocycles. The van der Waals surface area contributed by atoms with Crippen molar-refractivity contribution >= 4 is 68.2 Å². The Labute approximate surface area is 194 Å². The number of aryl methyl sites for hydroxylation is 1. The van der Waals surface area contributed by atoms with E-state index in [0.717, 1.165) is 17.0 Å². The van der Waals surface area contributed by atoms with E-state index in [0.29, 0.717) is 10.6 Å². The number of hydrogen-bond donors (Lipinski definition) is 0. The van der Waals surface area contributed by atoms with Gasteiger partial charge >= 0.3 is 5.97 Å². The third-order valence-corrected chi connectivity index (χ3v) is 7.01. The summed E-state index contributed by atoms with van der Waals surface area (Å²) in [4.78, 5) is 17.0. The van der Waals surface area contributed by atoms with Crippen molar-refractivity contribution in [3.63, 3.8) is 0 Å². The van der Waals surface area contributed by atoms with Crippen molar-refractivity contribution in [1.29, 1.82) is 0 Å². The van der Waals surface area contributed by atoms with Gasteiger partial charge in [0.1, 0.15) is 6.04 Å². The molecule has 6 nitrogen and oxygen atoms in total. The van der Waals surface area contributed by atoms with Crippen molar-refractivity contribution in [1.82, 2.24) is 4.31 Å². The maximum atomic E-state index is 13.5. The number of carbonyl (C=O) groups excluding carboxylic acids is 1. The summed E-state index contributed by atoms with van der Waals surface area (Å²) < 4.78 is 30.4. The zero-order valence-electron chi connectivity index (χ0n) is 15.7. The maximum absolute atomic E-state index is 13.5. The number of benzene rings is 2. The van der Waals surface area contributed by atoms with Crippen molar-refractivity contribution < 1.29 is 17.9 Å². The summed E-state index contributed by atoms with van der Waals surface area (Å²) in [5.74, 6) is -1.27. The monoisotopic (exact) mass is 508 g/mol. The van der Waals surface area contributed by atoms with Crippen molar-refractivity contribution in [2.75, 3.05) is 7.11 Å². The molecule has 11 heteroatoms. The molecular formula is C19H16Cl4N2O4S. The largest absolute Gasteiger partial charge is 0.467 e. The zero-order valence-corrected chi connectivity index (χ0v) is 19.6. The fourth-order valence-electron chi connectivity index (χ4n) is 3.10. The van der Waals surface area contributed by atoms with E-state index < -0.39 is 37.7 Å². The molecule has 3 rings (SSSR count). The third-order valence-electron chi connectivity index (χ3n) is 4.49. The number of amidine groups is 1. The molecular weight excluding hydrogens is 494 g/mol. The molecule has 30 heavy (non-hydrogen) atoms. The van der Waals surface area contributed by atoms with Crippen molar-refractivity contribution in [2.45, 2.75) is 27.7 Å². The number of alkyl halides is 3. The Kier molecular flexibility index (Phi) is 6.60. The van der Waals surface area contributed by atoms with E-state index in [2.05, 4.69) is 4.99 Å². The molecule has 2 aromatic rings. The van der Waals surface area contributed by atoms with Crippen LogP contribution in [0.2, 0.25) is 5.02 Å². The minimum absolute atomic E-state index is 0.0873. The molecule has 1 aliphatic heterocycles. The summed E-state index contributed by atoms with van der Waals surface area (Å²) in [6.45, 7) is 1.81. The number of sulfonamides is 1. The third kappa shape index (κ3) is 4.41. The lowest BCUT2D eigenvalue weighted by Crippen LogP contribution is -2.50. The first-order valence-electron chi connectivity index (χ1n) is 8.56. The number of carbonyl (C=O) groups is 1. The number of ether oxygens (including phenoxy) is 1. The highest BCUT2D eigenvalue weighted by atomic mass is 35.6. The van der Waals surface area contributed by atoms with E-state index in [1.165, 1.54) is 12.1 Å². The Bertz CT molecular complexity index is 1100. The molecule has 0 aromatic heterocycles. The van der Waals surface area contributed by atoms with Gasteiger partial charge in [0.25, 0.3) is 10.0 Å². The lowest BCUT2D eigenvalue weighted by molar-refractivity contribution is -0.144. The van der Waals surface area contributed by atoms with Crippen LogP contribution in [-0.4, -0.2) is 41.5 Å². The SMILES string of the molecule is COC(=O)[C@@H]1[C@@H](c2cccc(Cl)c2)N=C(C(Cl)(Cl)Cl)N1S(=O)(=O)c1ccc(C)cc1. The van der Waals surface area contributed by atoms with Gasteiger partial charge in [-0.25, -0.2) is 17.5 Å². The second-order valence-corrected chi connectivity index (χ2v) is 11.1. The molecule has 0 fully saturated rings. The second kappa shape index (κ2) is 8.55. The molecule has 160 valence electrons. The summed E-state index contributed by atoms with van der Waals surface area (Å²) in [5.41, 5.74) is 1.32. The van der Waals surface area contributed by atoms with Gasteiger partial charge in [-0.3, -0.25) is 4.99 Å². The fourth-order valence-corrected chi connectivity index (χ4v) is 5.49. The average Bonchev–Trinajstić information content (AvgIpc) is 3.10. The van der Waals surface area contributed by atoms with Crippen LogP contribution in [-0.2, 0) is 19.6 Å². The highest BCUT2D eigenvalue weighted by Crippen LogP contribution is 2.43. The van der Waals surface area contributed by atoms with Crippen molar-refractivity contribution in [2.24, 2.45) is 4.99 Å². The van der Waals surface area contributed by atoms with Crippen LogP contribution in [0.5, 0.6) is 0 Å². The molecule has 0 saturated heterocycles. The quantitative estimate of drug-likeness (QED) is 0.442. The van der Waals surface area contributed by atoms with Gasteiger partial charge in [-0.15, -0.1) is 0 Å². The first kappa shape index (κ1) is 23.2. The number of hydrogen-bond acceptors (Lipinski definition) is 5. The topological polar surface area (TPSA) is 76.0 Å². The highest BCUT2D eigenvalue weighted by molar-refractivity contribution is 7.89. The summed E-state index contributed by atoms with van der Waals surface area (Å²) in [5, 5.41) is 0.376. The number of rotatable bonds is 4. The summed E-state index contributed by atoms with van der Waals surface area (Å²) in [7, 11) is -3.19.